The van der Waals surface area contributed by atoms with Gasteiger partial charge in [-0.1, -0.05) is 42.5 Å². The molecule has 0 saturated carbocycles. The van der Waals surface area contributed by atoms with Crippen LogP contribution in [0.1, 0.15) is 38.7 Å². The summed E-state index contributed by atoms with van der Waals surface area (Å²) in [5.41, 5.74) is 10.9. The van der Waals surface area contributed by atoms with Gasteiger partial charge >= 0.3 is 0 Å². The highest BCUT2D eigenvalue weighted by Crippen LogP contribution is 2.30. The monoisotopic (exact) mass is 370 g/mol. The first-order chi connectivity index (χ1) is 12.4. The van der Waals surface area contributed by atoms with Gasteiger partial charge in [0.25, 0.3) is 0 Å². The van der Waals surface area contributed by atoms with Crippen molar-refractivity contribution in [3.63, 3.8) is 0 Å². The highest BCUT2D eigenvalue weighted by Gasteiger charge is 2.26. The smallest absolute Gasteiger partial charge is 0.214 e. The number of hydrogen-bond acceptors (Lipinski definition) is 3. The molecule has 0 bridgehead atoms. The Balaban J connectivity index is 1.86. The van der Waals surface area contributed by atoms with E-state index in [1.165, 1.54) is 0 Å². The second-order valence-electron chi connectivity index (χ2n) is 7.06. The molecule has 0 aromatic heterocycles. The fourth-order valence-electron chi connectivity index (χ4n) is 3.23. The molecule has 0 fully saturated rings. The minimum absolute atomic E-state index is 0.158. The summed E-state index contributed by atoms with van der Waals surface area (Å²) in [6.07, 6.45) is 4.96. The summed E-state index contributed by atoms with van der Waals surface area (Å²) >= 11 is 0. The number of benzene rings is 2. The van der Waals surface area contributed by atoms with Crippen LogP contribution in [0.4, 0.5) is 5.69 Å². The third kappa shape index (κ3) is 4.17. The van der Waals surface area contributed by atoms with Crippen molar-refractivity contribution in [1.82, 2.24) is 4.72 Å². The molecule has 26 heavy (non-hydrogen) atoms. The summed E-state index contributed by atoms with van der Waals surface area (Å²) in [4.78, 5) is 0. The molecule has 0 radical (unpaired) electrons. The van der Waals surface area contributed by atoms with E-state index in [0.29, 0.717) is 0 Å². The maximum atomic E-state index is 12.3. The van der Waals surface area contributed by atoms with Gasteiger partial charge in [-0.25, -0.2) is 13.1 Å². The Kier molecular flexibility index (Phi) is 5.49. The molecule has 3 rings (SSSR count). The van der Waals surface area contributed by atoms with Crippen LogP contribution in [0.2, 0.25) is 0 Å². The molecular weight excluding hydrogens is 344 g/mol. The number of allylic oxidation sites excluding steroid dienone is 1. The number of anilines is 1. The molecule has 1 aliphatic carbocycles. The Hall–Kier alpha value is -2.11. The molecule has 138 valence electrons. The van der Waals surface area contributed by atoms with Gasteiger partial charge in [-0.3, -0.25) is 0 Å². The molecule has 0 heterocycles. The number of hydrogen-bond donors (Lipinski definition) is 2. The van der Waals surface area contributed by atoms with E-state index in [-0.39, 0.29) is 6.04 Å². The lowest BCUT2D eigenvalue weighted by molar-refractivity contribution is 0.547. The van der Waals surface area contributed by atoms with Crippen molar-refractivity contribution in [3.05, 3.63) is 60.2 Å². The summed E-state index contributed by atoms with van der Waals surface area (Å²) in [5, 5.41) is -0.434. The van der Waals surface area contributed by atoms with E-state index in [9.17, 15) is 8.42 Å². The van der Waals surface area contributed by atoms with Gasteiger partial charge in [0.05, 0.1) is 5.25 Å². The minimum atomic E-state index is -3.30. The van der Waals surface area contributed by atoms with Crippen molar-refractivity contribution in [1.29, 1.82) is 0 Å². The second-order valence-corrected chi connectivity index (χ2v) is 9.33. The Morgan fingerprint density at radius 2 is 1.73 bits per heavy atom. The average Bonchev–Trinajstić information content (AvgIpc) is 2.62. The Morgan fingerprint density at radius 1 is 1.04 bits per heavy atom. The van der Waals surface area contributed by atoms with Crippen LogP contribution in [0.3, 0.4) is 0 Å². The predicted octanol–water partition coefficient (Wildman–Crippen LogP) is 4.20. The van der Waals surface area contributed by atoms with Crippen molar-refractivity contribution in [3.8, 4) is 11.1 Å². The van der Waals surface area contributed by atoms with Crippen LogP contribution < -0.4 is 10.5 Å². The van der Waals surface area contributed by atoms with E-state index in [0.717, 1.165) is 47.2 Å². The molecule has 3 N–H and O–H groups in total. The van der Waals surface area contributed by atoms with Crippen LogP contribution in [-0.4, -0.2) is 19.7 Å². The van der Waals surface area contributed by atoms with Crippen molar-refractivity contribution in [2.24, 2.45) is 0 Å². The fraction of sp³-hybridized carbons (Fsp3) is 0.333. The number of rotatable bonds is 5. The number of nitrogens with one attached hydrogen (secondary N) is 1. The minimum Gasteiger partial charge on any atom is -0.399 e. The van der Waals surface area contributed by atoms with Crippen LogP contribution in [0, 0.1) is 0 Å². The van der Waals surface area contributed by atoms with Gasteiger partial charge in [-0.15, -0.1) is 0 Å². The second kappa shape index (κ2) is 7.64. The van der Waals surface area contributed by atoms with Crippen molar-refractivity contribution < 1.29 is 8.42 Å². The molecule has 0 saturated heterocycles. The van der Waals surface area contributed by atoms with E-state index in [1.54, 1.807) is 13.8 Å². The van der Waals surface area contributed by atoms with Crippen LogP contribution >= 0.6 is 0 Å². The molecule has 0 amide bonds. The van der Waals surface area contributed by atoms with E-state index < -0.39 is 15.3 Å². The number of nitrogen functional groups attached to an aromatic ring is 1. The molecular formula is C21H26N2O2S. The van der Waals surface area contributed by atoms with Crippen LogP contribution in [0.15, 0.2) is 54.6 Å². The highest BCUT2D eigenvalue weighted by atomic mass is 32.2. The zero-order valence-electron chi connectivity index (χ0n) is 15.3. The quantitative estimate of drug-likeness (QED) is 0.775. The molecule has 2 aromatic rings. The normalized spacial score (nSPS) is 18.0. The molecule has 1 unspecified atom stereocenters. The van der Waals surface area contributed by atoms with Gasteiger partial charge in [0.15, 0.2) is 0 Å². The molecule has 0 spiro atoms. The van der Waals surface area contributed by atoms with E-state index in [4.69, 9.17) is 5.73 Å². The predicted molar refractivity (Wildman–Crippen MR) is 109 cm³/mol. The summed E-state index contributed by atoms with van der Waals surface area (Å²) in [5.74, 6) is 0. The lowest BCUT2D eigenvalue weighted by atomic mass is 9.89. The van der Waals surface area contributed by atoms with Gasteiger partial charge in [0.2, 0.25) is 10.0 Å². The van der Waals surface area contributed by atoms with Gasteiger partial charge in [-0.2, -0.15) is 0 Å². The lowest BCUT2D eigenvalue weighted by Gasteiger charge is -2.26. The molecule has 1 atom stereocenters. The number of nitrogens with two attached hydrogens (primary N) is 1. The third-order valence-electron chi connectivity index (χ3n) is 4.80. The summed E-state index contributed by atoms with van der Waals surface area (Å²) < 4.78 is 27.5. The van der Waals surface area contributed by atoms with Gasteiger partial charge in [-0.05, 0) is 67.5 Å². The summed E-state index contributed by atoms with van der Waals surface area (Å²) in [6, 6.07) is 15.9. The largest absolute Gasteiger partial charge is 0.399 e. The first kappa shape index (κ1) is 18.7. The Morgan fingerprint density at radius 3 is 2.38 bits per heavy atom. The molecule has 1 aliphatic rings. The molecule has 2 aromatic carbocycles. The third-order valence-corrected chi connectivity index (χ3v) is 6.66. The van der Waals surface area contributed by atoms with E-state index in [2.05, 4.69) is 35.1 Å². The van der Waals surface area contributed by atoms with Crippen molar-refractivity contribution in [2.45, 2.75) is 44.4 Å². The Labute approximate surface area is 156 Å². The first-order valence-electron chi connectivity index (χ1n) is 9.04. The van der Waals surface area contributed by atoms with Crippen LogP contribution in [0.5, 0.6) is 0 Å². The highest BCUT2D eigenvalue weighted by molar-refractivity contribution is 7.90. The van der Waals surface area contributed by atoms with Crippen molar-refractivity contribution >= 4 is 21.3 Å². The Bertz CT molecular complexity index is 900. The van der Waals surface area contributed by atoms with Crippen LogP contribution in [-0.2, 0) is 10.0 Å². The maximum Gasteiger partial charge on any atom is 0.214 e. The van der Waals surface area contributed by atoms with E-state index in [1.807, 2.05) is 24.3 Å². The summed E-state index contributed by atoms with van der Waals surface area (Å²) in [6.45, 7) is 3.41. The average molecular weight is 371 g/mol. The lowest BCUT2D eigenvalue weighted by Crippen LogP contribution is -2.40. The summed E-state index contributed by atoms with van der Waals surface area (Å²) in [7, 11) is -3.30. The zero-order valence-corrected chi connectivity index (χ0v) is 16.1. The van der Waals surface area contributed by atoms with Gasteiger partial charge in [0.1, 0.15) is 0 Å². The topological polar surface area (TPSA) is 72.2 Å². The zero-order chi connectivity index (χ0) is 18.7. The fourth-order valence-corrected chi connectivity index (χ4v) is 4.14. The van der Waals surface area contributed by atoms with Gasteiger partial charge < -0.3 is 5.73 Å². The number of sulfonamides is 1. The standard InChI is InChI=1S/C21H26N2O2S/c1-15(2)26(24,25)23-21-9-4-3-8-20(21)17-12-10-16(11-13-17)18-6-5-7-19(22)14-18/h5-8,10-15,21,23H,3-4,9,22H2,1-2H3. The molecule has 0 aliphatic heterocycles. The van der Waals surface area contributed by atoms with Crippen LogP contribution in [0.25, 0.3) is 16.7 Å². The molecule has 5 heteroatoms. The van der Waals surface area contributed by atoms with E-state index >= 15 is 0 Å². The molecule has 4 nitrogen and oxygen atoms in total. The van der Waals surface area contributed by atoms with Crippen molar-refractivity contribution in [2.75, 3.05) is 5.73 Å². The SMILES string of the molecule is CC(C)S(=O)(=O)NC1CCCC=C1c1ccc(-c2cccc(N)c2)cc1. The maximum absolute atomic E-state index is 12.3. The first-order valence-corrected chi connectivity index (χ1v) is 10.6. The van der Waals surface area contributed by atoms with Gasteiger partial charge in [0, 0.05) is 11.7 Å².